The average molecular weight is 389 g/mol. The van der Waals surface area contributed by atoms with E-state index in [4.69, 9.17) is 27.6 Å². The first-order valence-electron chi connectivity index (χ1n) is 8.14. The van der Waals surface area contributed by atoms with Crippen molar-refractivity contribution in [1.82, 2.24) is 4.90 Å². The third-order valence-corrected chi connectivity index (χ3v) is 4.43. The third kappa shape index (κ3) is 5.11. The molecule has 26 heavy (non-hydrogen) atoms. The zero-order valence-electron chi connectivity index (χ0n) is 14.0. The topological polar surface area (TPSA) is 45.5 Å². The number of hydrogen-bond acceptors (Lipinski definition) is 3. The van der Waals surface area contributed by atoms with Crippen LogP contribution < -0.4 is 5.32 Å². The van der Waals surface area contributed by atoms with Gasteiger partial charge in [0.2, 0.25) is 5.91 Å². The lowest BCUT2D eigenvalue weighted by Gasteiger charge is -2.21. The minimum absolute atomic E-state index is 0.178. The van der Waals surface area contributed by atoms with Crippen LogP contribution in [0.4, 0.5) is 5.69 Å². The van der Waals surface area contributed by atoms with Crippen molar-refractivity contribution >= 4 is 34.8 Å². The first kappa shape index (κ1) is 18.5. The molecule has 0 aliphatic heterocycles. The highest BCUT2D eigenvalue weighted by Gasteiger charge is 2.15. The van der Waals surface area contributed by atoms with Crippen molar-refractivity contribution in [1.29, 1.82) is 0 Å². The van der Waals surface area contributed by atoms with Gasteiger partial charge in [-0.05, 0) is 29.8 Å². The zero-order chi connectivity index (χ0) is 18.4. The summed E-state index contributed by atoms with van der Waals surface area (Å²) in [6.45, 7) is 1.31. The first-order valence-corrected chi connectivity index (χ1v) is 8.90. The van der Waals surface area contributed by atoms with Gasteiger partial charge in [0.1, 0.15) is 5.76 Å². The predicted octanol–water partition coefficient (Wildman–Crippen LogP) is 5.23. The smallest absolute Gasteiger partial charge is 0.238 e. The second-order valence-corrected chi connectivity index (χ2v) is 6.67. The highest BCUT2D eigenvalue weighted by Crippen LogP contribution is 2.29. The summed E-state index contributed by atoms with van der Waals surface area (Å²) in [6, 6.07) is 18.8. The van der Waals surface area contributed by atoms with Gasteiger partial charge in [-0.1, -0.05) is 59.6 Å². The van der Waals surface area contributed by atoms with Crippen LogP contribution in [0.5, 0.6) is 0 Å². The van der Waals surface area contributed by atoms with Crippen molar-refractivity contribution in [3.63, 3.8) is 0 Å². The molecule has 0 bridgehead atoms. The molecule has 0 unspecified atom stereocenters. The number of carbonyl (C=O) groups excluding carboxylic acids is 1. The van der Waals surface area contributed by atoms with Crippen molar-refractivity contribution in [3.05, 3.63) is 88.3 Å². The maximum atomic E-state index is 12.5. The number of nitrogens with one attached hydrogen (secondary N) is 1. The molecule has 2 aromatic carbocycles. The minimum atomic E-state index is -0.192. The molecule has 0 atom stereocenters. The summed E-state index contributed by atoms with van der Waals surface area (Å²) >= 11 is 12.3. The summed E-state index contributed by atoms with van der Waals surface area (Å²) in [5, 5.41) is 3.62. The maximum Gasteiger partial charge on any atom is 0.238 e. The average Bonchev–Trinajstić information content (AvgIpc) is 3.12. The summed E-state index contributed by atoms with van der Waals surface area (Å²) in [4.78, 5) is 14.5. The van der Waals surface area contributed by atoms with E-state index in [1.54, 1.807) is 24.5 Å². The Kier molecular flexibility index (Phi) is 6.34. The minimum Gasteiger partial charge on any atom is -0.468 e. The fraction of sp³-hybridized carbons (Fsp3) is 0.150. The van der Waals surface area contributed by atoms with Crippen LogP contribution in [0.15, 0.2) is 71.3 Å². The molecule has 1 heterocycles. The van der Waals surface area contributed by atoms with Crippen molar-refractivity contribution in [2.75, 3.05) is 11.9 Å². The normalized spacial score (nSPS) is 10.9. The number of benzene rings is 2. The molecule has 1 aromatic heterocycles. The van der Waals surface area contributed by atoms with E-state index in [9.17, 15) is 4.79 Å². The van der Waals surface area contributed by atoms with Gasteiger partial charge in [0, 0.05) is 6.54 Å². The molecular formula is C20H18Cl2N2O2. The first-order chi connectivity index (χ1) is 12.6. The number of amides is 1. The molecule has 6 heteroatoms. The van der Waals surface area contributed by atoms with Gasteiger partial charge >= 0.3 is 0 Å². The molecule has 4 nitrogen and oxygen atoms in total. The summed E-state index contributed by atoms with van der Waals surface area (Å²) in [5.41, 5.74) is 1.54. The van der Waals surface area contributed by atoms with Gasteiger partial charge < -0.3 is 9.73 Å². The van der Waals surface area contributed by atoms with E-state index in [2.05, 4.69) is 5.32 Å². The lowest BCUT2D eigenvalue weighted by atomic mass is 10.2. The quantitative estimate of drug-likeness (QED) is 0.602. The predicted molar refractivity (Wildman–Crippen MR) is 104 cm³/mol. The molecular weight excluding hydrogens is 371 g/mol. The van der Waals surface area contributed by atoms with Gasteiger partial charge in [-0.3, -0.25) is 9.69 Å². The molecule has 1 amide bonds. The van der Waals surface area contributed by atoms with E-state index in [1.165, 1.54) is 0 Å². The zero-order valence-corrected chi connectivity index (χ0v) is 15.5. The van der Waals surface area contributed by atoms with E-state index in [0.29, 0.717) is 28.8 Å². The van der Waals surface area contributed by atoms with Crippen LogP contribution in [-0.2, 0) is 17.9 Å². The van der Waals surface area contributed by atoms with Crippen LogP contribution in [-0.4, -0.2) is 17.4 Å². The summed E-state index contributed by atoms with van der Waals surface area (Å²) < 4.78 is 5.42. The Morgan fingerprint density at radius 1 is 0.923 bits per heavy atom. The van der Waals surface area contributed by atoms with Crippen LogP contribution in [0, 0.1) is 0 Å². The Morgan fingerprint density at radius 2 is 1.65 bits per heavy atom. The van der Waals surface area contributed by atoms with E-state index in [0.717, 1.165) is 11.3 Å². The lowest BCUT2D eigenvalue weighted by Crippen LogP contribution is -2.32. The Labute approximate surface area is 162 Å². The van der Waals surface area contributed by atoms with Crippen molar-refractivity contribution in [2.45, 2.75) is 13.1 Å². The molecule has 0 aliphatic carbocycles. The van der Waals surface area contributed by atoms with E-state index >= 15 is 0 Å². The highest BCUT2D eigenvalue weighted by atomic mass is 35.5. The Morgan fingerprint density at radius 3 is 2.31 bits per heavy atom. The Bertz CT molecular complexity index is 831. The van der Waals surface area contributed by atoms with Gasteiger partial charge in [-0.15, -0.1) is 0 Å². The van der Waals surface area contributed by atoms with Crippen LogP contribution in [0.3, 0.4) is 0 Å². The van der Waals surface area contributed by atoms with Crippen LogP contribution >= 0.6 is 23.2 Å². The molecule has 0 saturated carbocycles. The Hall–Kier alpha value is -2.27. The standard InChI is InChI=1S/C20H18Cl2N2O2/c21-17-9-4-10-18(22)20(17)23-19(25)14-24(13-16-8-5-11-26-16)12-15-6-2-1-3-7-15/h1-11H,12-14H2,(H,23,25). The van der Waals surface area contributed by atoms with Crippen molar-refractivity contribution < 1.29 is 9.21 Å². The maximum absolute atomic E-state index is 12.5. The van der Waals surface area contributed by atoms with Gasteiger partial charge in [0.25, 0.3) is 0 Å². The second-order valence-electron chi connectivity index (χ2n) is 5.85. The number of rotatable bonds is 7. The summed E-state index contributed by atoms with van der Waals surface area (Å²) in [6.07, 6.45) is 1.62. The van der Waals surface area contributed by atoms with Crippen molar-refractivity contribution in [3.8, 4) is 0 Å². The molecule has 1 N–H and O–H groups in total. The Balaban J connectivity index is 1.71. The number of para-hydroxylation sites is 1. The largest absolute Gasteiger partial charge is 0.468 e. The van der Waals surface area contributed by atoms with E-state index in [1.807, 2.05) is 47.4 Å². The highest BCUT2D eigenvalue weighted by molar-refractivity contribution is 6.39. The lowest BCUT2D eigenvalue weighted by molar-refractivity contribution is -0.117. The molecule has 3 aromatic rings. The number of hydrogen-bond donors (Lipinski definition) is 1. The van der Waals surface area contributed by atoms with E-state index in [-0.39, 0.29) is 12.5 Å². The number of nitrogens with zero attached hydrogens (tertiary/aromatic N) is 1. The monoisotopic (exact) mass is 388 g/mol. The molecule has 0 radical (unpaired) electrons. The van der Waals surface area contributed by atoms with Crippen LogP contribution in [0.2, 0.25) is 10.0 Å². The number of furan rings is 1. The van der Waals surface area contributed by atoms with Crippen LogP contribution in [0.25, 0.3) is 0 Å². The molecule has 134 valence electrons. The van der Waals surface area contributed by atoms with Gasteiger partial charge in [-0.2, -0.15) is 0 Å². The van der Waals surface area contributed by atoms with Crippen LogP contribution in [0.1, 0.15) is 11.3 Å². The summed E-state index contributed by atoms with van der Waals surface area (Å²) in [7, 11) is 0. The fourth-order valence-corrected chi connectivity index (χ4v) is 3.12. The number of halogens is 2. The molecule has 0 fully saturated rings. The molecule has 3 rings (SSSR count). The van der Waals surface area contributed by atoms with E-state index < -0.39 is 0 Å². The molecule has 0 aliphatic rings. The third-order valence-electron chi connectivity index (χ3n) is 3.80. The second kappa shape index (κ2) is 8.90. The van der Waals surface area contributed by atoms with Gasteiger partial charge in [0.15, 0.2) is 0 Å². The fourth-order valence-electron chi connectivity index (χ4n) is 2.63. The van der Waals surface area contributed by atoms with Gasteiger partial charge in [0.05, 0.1) is 35.1 Å². The molecule has 0 saturated heterocycles. The van der Waals surface area contributed by atoms with Crippen molar-refractivity contribution in [2.24, 2.45) is 0 Å². The number of anilines is 1. The summed E-state index contributed by atoms with van der Waals surface area (Å²) in [5.74, 6) is 0.604. The molecule has 0 spiro atoms. The SMILES string of the molecule is O=C(CN(Cc1ccccc1)Cc1ccco1)Nc1c(Cl)cccc1Cl. The van der Waals surface area contributed by atoms with Gasteiger partial charge in [-0.25, -0.2) is 0 Å². The number of carbonyl (C=O) groups is 1.